The number of amides is 1. The lowest BCUT2D eigenvalue weighted by atomic mass is 10.0. The molecular formula is C15H14N2O3. The number of benzene rings is 1. The number of hydrogen-bond donors (Lipinski definition) is 2. The van der Waals surface area contributed by atoms with E-state index in [4.69, 9.17) is 9.63 Å². The molecule has 2 rings (SSSR count). The van der Waals surface area contributed by atoms with E-state index in [0.717, 1.165) is 5.56 Å². The van der Waals surface area contributed by atoms with E-state index in [2.05, 4.69) is 22.3 Å². The molecule has 102 valence electrons. The molecule has 0 saturated carbocycles. The summed E-state index contributed by atoms with van der Waals surface area (Å²) in [6.07, 6.45) is 1.52. The zero-order valence-electron chi connectivity index (χ0n) is 11.0. The molecule has 0 unspecified atom stereocenters. The van der Waals surface area contributed by atoms with Crippen molar-refractivity contribution >= 4 is 5.91 Å². The summed E-state index contributed by atoms with van der Waals surface area (Å²) in [6, 6.07) is 7.05. The molecule has 0 aliphatic heterocycles. The van der Waals surface area contributed by atoms with Crippen LogP contribution in [-0.2, 0) is 6.54 Å². The van der Waals surface area contributed by atoms with Crippen molar-refractivity contribution in [2.45, 2.75) is 13.5 Å². The molecule has 1 aromatic carbocycles. The molecule has 5 nitrogen and oxygen atoms in total. The maximum absolute atomic E-state index is 12.1. The van der Waals surface area contributed by atoms with Gasteiger partial charge in [0.1, 0.15) is 6.61 Å². The number of rotatable bonds is 3. The van der Waals surface area contributed by atoms with Crippen LogP contribution in [0.25, 0.3) is 0 Å². The molecule has 0 bridgehead atoms. The van der Waals surface area contributed by atoms with Crippen molar-refractivity contribution in [1.82, 2.24) is 10.5 Å². The normalized spacial score (nSPS) is 9.70. The van der Waals surface area contributed by atoms with Crippen LogP contribution in [0.15, 0.2) is 35.0 Å². The second kappa shape index (κ2) is 6.55. The Hall–Kier alpha value is -2.58. The highest BCUT2D eigenvalue weighted by Crippen LogP contribution is 2.11. The molecule has 0 aliphatic rings. The van der Waals surface area contributed by atoms with Crippen LogP contribution in [0.2, 0.25) is 0 Å². The average molecular weight is 270 g/mol. The van der Waals surface area contributed by atoms with Crippen molar-refractivity contribution in [3.63, 3.8) is 0 Å². The maximum atomic E-state index is 12.1. The number of aliphatic hydroxyl groups is 1. The predicted molar refractivity (Wildman–Crippen MR) is 72.8 cm³/mol. The van der Waals surface area contributed by atoms with E-state index in [1.807, 2.05) is 19.1 Å². The van der Waals surface area contributed by atoms with E-state index in [9.17, 15) is 4.79 Å². The third-order valence-corrected chi connectivity index (χ3v) is 2.64. The van der Waals surface area contributed by atoms with Crippen LogP contribution in [0, 0.1) is 18.8 Å². The largest absolute Gasteiger partial charge is 0.384 e. The predicted octanol–water partition coefficient (Wildman–Crippen LogP) is 1.26. The minimum atomic E-state index is -0.247. The lowest BCUT2D eigenvalue weighted by Gasteiger charge is -2.06. The molecule has 2 aromatic rings. The number of nitrogens with zero attached hydrogens (tertiary/aromatic N) is 1. The van der Waals surface area contributed by atoms with Gasteiger partial charge in [-0.3, -0.25) is 4.79 Å². The van der Waals surface area contributed by atoms with Gasteiger partial charge < -0.3 is 14.9 Å². The molecule has 0 spiro atoms. The second-order valence-electron chi connectivity index (χ2n) is 4.17. The molecule has 0 fully saturated rings. The first-order valence-corrected chi connectivity index (χ1v) is 6.09. The highest BCUT2D eigenvalue weighted by molar-refractivity contribution is 5.96. The summed E-state index contributed by atoms with van der Waals surface area (Å²) in [5.41, 5.74) is 2.06. The monoisotopic (exact) mass is 270 g/mol. The smallest absolute Gasteiger partial charge is 0.252 e. The highest BCUT2D eigenvalue weighted by Gasteiger charge is 2.10. The van der Waals surface area contributed by atoms with Crippen molar-refractivity contribution in [1.29, 1.82) is 0 Å². The number of aliphatic hydroxyl groups excluding tert-OH is 1. The van der Waals surface area contributed by atoms with Crippen LogP contribution in [0.5, 0.6) is 0 Å². The fourth-order valence-corrected chi connectivity index (χ4v) is 1.69. The van der Waals surface area contributed by atoms with Crippen LogP contribution in [0.1, 0.15) is 27.2 Å². The van der Waals surface area contributed by atoms with Gasteiger partial charge in [-0.25, -0.2) is 0 Å². The summed E-state index contributed by atoms with van der Waals surface area (Å²) >= 11 is 0. The summed E-state index contributed by atoms with van der Waals surface area (Å²) in [4.78, 5) is 12.1. The first-order valence-electron chi connectivity index (χ1n) is 6.09. The quantitative estimate of drug-likeness (QED) is 0.823. The van der Waals surface area contributed by atoms with Crippen molar-refractivity contribution in [2.75, 3.05) is 6.61 Å². The Morgan fingerprint density at radius 3 is 3.00 bits per heavy atom. The SMILES string of the molecule is Cc1ccc(C(=O)NCc2ccno2)c(C#CCO)c1. The average Bonchev–Trinajstić information content (AvgIpc) is 2.96. The zero-order valence-corrected chi connectivity index (χ0v) is 11.0. The molecule has 2 N–H and O–H groups in total. The van der Waals surface area contributed by atoms with Crippen LogP contribution in [-0.4, -0.2) is 22.8 Å². The van der Waals surface area contributed by atoms with Crippen molar-refractivity contribution in [3.8, 4) is 11.8 Å². The fraction of sp³-hybridized carbons (Fsp3) is 0.200. The van der Waals surface area contributed by atoms with Gasteiger partial charge in [0.25, 0.3) is 5.91 Å². The number of carbonyl (C=O) groups excluding carboxylic acids is 1. The Bertz CT molecular complexity index is 651. The molecule has 5 heteroatoms. The first-order chi connectivity index (χ1) is 9.70. The van der Waals surface area contributed by atoms with Gasteiger partial charge in [-0.05, 0) is 24.6 Å². The number of aromatic nitrogens is 1. The lowest BCUT2D eigenvalue weighted by molar-refractivity contribution is 0.0947. The third kappa shape index (κ3) is 3.46. The second-order valence-corrected chi connectivity index (χ2v) is 4.17. The molecule has 1 heterocycles. The van der Waals surface area contributed by atoms with Crippen molar-refractivity contribution in [2.24, 2.45) is 0 Å². The summed E-state index contributed by atoms with van der Waals surface area (Å²) in [6.45, 7) is 1.94. The van der Waals surface area contributed by atoms with Crippen LogP contribution in [0.4, 0.5) is 0 Å². The van der Waals surface area contributed by atoms with E-state index in [-0.39, 0.29) is 19.1 Å². The fourth-order valence-electron chi connectivity index (χ4n) is 1.69. The van der Waals surface area contributed by atoms with Gasteiger partial charge in [0, 0.05) is 11.6 Å². The van der Waals surface area contributed by atoms with Gasteiger partial charge in [-0.1, -0.05) is 23.1 Å². The molecule has 0 aliphatic carbocycles. The summed E-state index contributed by atoms with van der Waals surface area (Å²) in [7, 11) is 0. The topological polar surface area (TPSA) is 75.4 Å². The molecule has 1 amide bonds. The van der Waals surface area contributed by atoms with Crippen LogP contribution >= 0.6 is 0 Å². The Morgan fingerprint density at radius 1 is 1.45 bits per heavy atom. The van der Waals surface area contributed by atoms with E-state index in [1.54, 1.807) is 12.1 Å². The maximum Gasteiger partial charge on any atom is 0.252 e. The van der Waals surface area contributed by atoms with Gasteiger partial charge in [0.15, 0.2) is 5.76 Å². The third-order valence-electron chi connectivity index (χ3n) is 2.64. The summed E-state index contributed by atoms with van der Waals surface area (Å²) in [5, 5.41) is 15.1. The molecule has 0 saturated heterocycles. The highest BCUT2D eigenvalue weighted by atomic mass is 16.5. The molecular weight excluding hydrogens is 256 g/mol. The van der Waals surface area contributed by atoms with Gasteiger partial charge >= 0.3 is 0 Å². The van der Waals surface area contributed by atoms with Crippen molar-refractivity contribution < 1.29 is 14.4 Å². The van der Waals surface area contributed by atoms with Gasteiger partial charge in [0.2, 0.25) is 0 Å². The standard InChI is InChI=1S/C15H14N2O3/c1-11-4-5-14(12(9-11)3-2-8-18)15(19)16-10-13-6-7-17-20-13/h4-7,9,18H,8,10H2,1H3,(H,16,19). The minimum absolute atomic E-state index is 0.243. The molecule has 1 aromatic heterocycles. The number of carbonyl (C=O) groups is 1. The van der Waals surface area contributed by atoms with E-state index >= 15 is 0 Å². The van der Waals surface area contributed by atoms with Crippen LogP contribution < -0.4 is 5.32 Å². The van der Waals surface area contributed by atoms with Gasteiger partial charge in [0.05, 0.1) is 18.3 Å². The van der Waals surface area contributed by atoms with Gasteiger partial charge in [-0.2, -0.15) is 0 Å². The molecule has 20 heavy (non-hydrogen) atoms. The Labute approximate surface area is 116 Å². The zero-order chi connectivity index (χ0) is 14.4. The number of nitrogens with one attached hydrogen (secondary N) is 1. The summed E-state index contributed by atoms with van der Waals surface area (Å²) in [5.74, 6) is 5.67. The first kappa shape index (κ1) is 13.8. The number of aryl methyl sites for hydroxylation is 1. The van der Waals surface area contributed by atoms with E-state index in [1.165, 1.54) is 6.20 Å². The minimum Gasteiger partial charge on any atom is -0.384 e. The van der Waals surface area contributed by atoms with E-state index in [0.29, 0.717) is 16.9 Å². The molecule has 0 radical (unpaired) electrons. The van der Waals surface area contributed by atoms with Crippen LogP contribution in [0.3, 0.4) is 0 Å². The summed E-state index contributed by atoms with van der Waals surface area (Å²) < 4.78 is 4.91. The Kier molecular flexibility index (Phi) is 4.53. The van der Waals surface area contributed by atoms with E-state index < -0.39 is 0 Å². The number of hydrogen-bond acceptors (Lipinski definition) is 4. The van der Waals surface area contributed by atoms with Crippen molar-refractivity contribution in [3.05, 3.63) is 52.9 Å². The van der Waals surface area contributed by atoms with Gasteiger partial charge in [-0.15, -0.1) is 0 Å². The lowest BCUT2D eigenvalue weighted by Crippen LogP contribution is -2.23. The Balaban J connectivity index is 2.16. The molecule has 0 atom stereocenters. The Morgan fingerprint density at radius 2 is 2.30 bits per heavy atom.